The second kappa shape index (κ2) is 12.5. The first kappa shape index (κ1) is 34.8. The average molecular weight is 688 g/mol. The molecule has 0 aliphatic carbocycles. The molecular weight excluding hydrogens is 651 g/mol. The first-order chi connectivity index (χ1) is 22.5. The predicted molar refractivity (Wildman–Crippen MR) is 171 cm³/mol. The Morgan fingerprint density at radius 1 is 0.917 bits per heavy atom. The van der Waals surface area contributed by atoms with Crippen LogP contribution in [0.1, 0.15) is 37.0 Å². The van der Waals surface area contributed by atoms with Crippen molar-refractivity contribution < 1.29 is 45.4 Å². The molecule has 0 spiro atoms. The van der Waals surface area contributed by atoms with Crippen molar-refractivity contribution in [2.75, 3.05) is 39.2 Å². The zero-order chi connectivity index (χ0) is 35.3. The molecule has 256 valence electrons. The maximum absolute atomic E-state index is 15.5. The molecule has 2 heterocycles. The van der Waals surface area contributed by atoms with Crippen LogP contribution in [0.15, 0.2) is 76.7 Å². The van der Waals surface area contributed by atoms with Gasteiger partial charge in [-0.1, -0.05) is 47.0 Å². The Bertz CT molecular complexity index is 1930. The summed E-state index contributed by atoms with van der Waals surface area (Å²) in [6, 6.07) is 13.2. The molecule has 3 aromatic rings. The molecule has 0 bridgehead atoms. The summed E-state index contributed by atoms with van der Waals surface area (Å²) < 4.78 is 85.6. The van der Waals surface area contributed by atoms with Gasteiger partial charge in [0.25, 0.3) is 15.9 Å². The van der Waals surface area contributed by atoms with Gasteiger partial charge in [0.2, 0.25) is 5.91 Å². The maximum atomic E-state index is 15.5. The quantitative estimate of drug-likeness (QED) is 0.291. The largest absolute Gasteiger partial charge is 0.573 e. The number of likely N-dealkylation sites (N-methyl/N-ethyl adjacent to an activating group) is 1. The van der Waals surface area contributed by atoms with Gasteiger partial charge in [0.15, 0.2) is 11.3 Å². The number of nitrogens with zero attached hydrogens (tertiary/aromatic N) is 3. The number of rotatable bonds is 8. The summed E-state index contributed by atoms with van der Waals surface area (Å²) >= 11 is 0. The van der Waals surface area contributed by atoms with Crippen LogP contribution < -0.4 is 18.5 Å². The third kappa shape index (κ3) is 5.66. The highest BCUT2D eigenvalue weighted by molar-refractivity contribution is 7.93. The zero-order valence-electron chi connectivity index (χ0n) is 27.5. The third-order valence-electron chi connectivity index (χ3n) is 8.81. The monoisotopic (exact) mass is 687 g/mol. The Hall–Kier alpha value is -4.56. The lowest BCUT2D eigenvalue weighted by Gasteiger charge is -2.47. The third-order valence-corrected chi connectivity index (χ3v) is 10.6. The summed E-state index contributed by atoms with van der Waals surface area (Å²) in [4.78, 5) is 31.6. The van der Waals surface area contributed by atoms with Gasteiger partial charge in [-0.05, 0) is 51.5 Å². The van der Waals surface area contributed by atoms with E-state index in [9.17, 15) is 26.4 Å². The van der Waals surface area contributed by atoms with E-state index in [1.165, 1.54) is 25.2 Å². The van der Waals surface area contributed by atoms with E-state index in [2.05, 4.69) is 4.74 Å². The van der Waals surface area contributed by atoms with Gasteiger partial charge in [-0.25, -0.2) is 12.7 Å². The summed E-state index contributed by atoms with van der Waals surface area (Å²) in [5, 5.41) is 0. The van der Waals surface area contributed by atoms with E-state index in [0.29, 0.717) is 9.87 Å². The molecule has 2 amide bonds. The smallest absolute Gasteiger partial charge is 0.497 e. The topological polar surface area (TPSA) is 106 Å². The van der Waals surface area contributed by atoms with Crippen LogP contribution in [-0.4, -0.2) is 77.3 Å². The van der Waals surface area contributed by atoms with Crippen LogP contribution in [0.25, 0.3) is 0 Å². The molecule has 48 heavy (non-hydrogen) atoms. The number of sulfonamides is 1. The SMILES string of the molecule is COc1ccc(S(=O)(=O)N2C(=O)C(c3ccccc3OC)(N3CC(C)=C(C)CC3C(=O)N(C)C)c3cc(C)ccc32)c(OC(F)(F)F)c1. The summed E-state index contributed by atoms with van der Waals surface area (Å²) in [6.45, 7) is 5.63. The molecule has 3 aromatic carbocycles. The number of hydrogen-bond donors (Lipinski definition) is 0. The number of benzene rings is 3. The first-order valence-electron chi connectivity index (χ1n) is 14.9. The van der Waals surface area contributed by atoms with Crippen LogP contribution in [0.2, 0.25) is 0 Å². The molecule has 2 unspecified atom stereocenters. The molecule has 0 aromatic heterocycles. The standard InChI is InChI=1S/C34H36F3N3O7S/c1-20-12-14-26-25(16-20)33(24-10-8-9-11-28(24)46-7,39-19-22(3)21(2)17-27(39)31(41)38(4)5)32(42)40(26)48(43,44)30-15-13-23(45-6)18-29(30)47-34(35,36)37/h8-16,18,27H,17,19H2,1-7H3. The summed E-state index contributed by atoms with van der Waals surface area (Å²) in [5.41, 5.74) is 0.867. The van der Waals surface area contributed by atoms with Crippen molar-refractivity contribution in [1.82, 2.24) is 9.80 Å². The molecule has 2 aliphatic heterocycles. The molecule has 0 saturated heterocycles. The number of para-hydroxylation sites is 1. The van der Waals surface area contributed by atoms with Gasteiger partial charge in [-0.3, -0.25) is 14.5 Å². The number of carbonyl (C=O) groups excluding carboxylic acids is 2. The van der Waals surface area contributed by atoms with Crippen LogP contribution in [0, 0.1) is 6.92 Å². The first-order valence-corrected chi connectivity index (χ1v) is 16.3. The maximum Gasteiger partial charge on any atom is 0.573 e. The lowest BCUT2D eigenvalue weighted by Crippen LogP contribution is -2.62. The number of amides is 2. The van der Waals surface area contributed by atoms with Crippen LogP contribution in [0.5, 0.6) is 17.2 Å². The highest BCUT2D eigenvalue weighted by atomic mass is 32.2. The Balaban J connectivity index is 1.88. The molecular formula is C34H36F3N3O7S. The lowest BCUT2D eigenvalue weighted by atomic mass is 9.77. The number of fused-ring (bicyclic) bond motifs is 1. The number of anilines is 1. The van der Waals surface area contributed by atoms with Crippen molar-refractivity contribution in [2.45, 2.75) is 50.0 Å². The number of alkyl halides is 3. The van der Waals surface area contributed by atoms with Gasteiger partial charge in [-0.15, -0.1) is 13.2 Å². The number of aryl methyl sites for hydroxylation is 1. The molecule has 0 radical (unpaired) electrons. The van der Waals surface area contributed by atoms with Crippen molar-refractivity contribution in [2.24, 2.45) is 0 Å². The fraction of sp³-hybridized carbons (Fsp3) is 0.353. The Labute approximate surface area is 277 Å². The second-order valence-corrected chi connectivity index (χ2v) is 13.8. The fourth-order valence-corrected chi connectivity index (χ4v) is 8.00. The summed E-state index contributed by atoms with van der Waals surface area (Å²) in [6.07, 6.45) is -5.03. The molecule has 0 saturated carbocycles. The number of ether oxygens (including phenoxy) is 3. The minimum atomic E-state index is -5.27. The van der Waals surface area contributed by atoms with E-state index >= 15 is 4.79 Å². The van der Waals surface area contributed by atoms with E-state index in [-0.39, 0.29) is 47.2 Å². The number of methoxy groups -OCH3 is 2. The van der Waals surface area contributed by atoms with Gasteiger partial charge >= 0.3 is 6.36 Å². The van der Waals surface area contributed by atoms with Crippen LogP contribution in [0.4, 0.5) is 18.9 Å². The molecule has 0 N–H and O–H groups in total. The Morgan fingerprint density at radius 3 is 2.23 bits per heavy atom. The minimum Gasteiger partial charge on any atom is -0.497 e. The van der Waals surface area contributed by atoms with E-state index in [1.54, 1.807) is 62.3 Å². The Morgan fingerprint density at radius 2 is 1.60 bits per heavy atom. The van der Waals surface area contributed by atoms with Crippen LogP contribution >= 0.6 is 0 Å². The van der Waals surface area contributed by atoms with Crippen molar-refractivity contribution in [1.29, 1.82) is 0 Å². The summed E-state index contributed by atoms with van der Waals surface area (Å²) in [7, 11) is 0.661. The normalized spacial score (nSPS) is 20.1. The summed E-state index contributed by atoms with van der Waals surface area (Å²) in [5.74, 6) is -2.29. The van der Waals surface area contributed by atoms with E-state index in [4.69, 9.17) is 9.47 Å². The molecule has 14 heteroatoms. The lowest BCUT2D eigenvalue weighted by molar-refractivity contribution is -0.275. The van der Waals surface area contributed by atoms with Gasteiger partial charge in [0.05, 0.1) is 25.9 Å². The molecule has 10 nitrogen and oxygen atoms in total. The fourth-order valence-electron chi connectivity index (χ4n) is 6.44. The van der Waals surface area contributed by atoms with Crippen LogP contribution in [-0.2, 0) is 25.2 Å². The van der Waals surface area contributed by atoms with Crippen molar-refractivity contribution in [3.8, 4) is 17.2 Å². The van der Waals surface area contributed by atoms with Gasteiger partial charge < -0.3 is 19.1 Å². The average Bonchev–Trinajstić information content (AvgIpc) is 3.28. The number of hydrogen-bond acceptors (Lipinski definition) is 8. The van der Waals surface area contributed by atoms with Crippen molar-refractivity contribution in [3.05, 3.63) is 88.5 Å². The molecule has 2 aliphatic rings. The minimum absolute atomic E-state index is 0.0894. The van der Waals surface area contributed by atoms with Crippen LogP contribution in [0.3, 0.4) is 0 Å². The van der Waals surface area contributed by atoms with Gasteiger partial charge in [0.1, 0.15) is 16.4 Å². The van der Waals surface area contributed by atoms with Gasteiger partial charge in [0, 0.05) is 37.8 Å². The zero-order valence-corrected chi connectivity index (χ0v) is 28.3. The number of carbonyl (C=O) groups is 2. The molecule has 0 fully saturated rings. The van der Waals surface area contributed by atoms with E-state index < -0.39 is 44.5 Å². The number of halogens is 3. The highest BCUT2D eigenvalue weighted by Gasteiger charge is 2.63. The van der Waals surface area contributed by atoms with Crippen molar-refractivity contribution in [3.63, 3.8) is 0 Å². The van der Waals surface area contributed by atoms with Crippen molar-refractivity contribution >= 4 is 27.5 Å². The van der Waals surface area contributed by atoms with E-state index in [0.717, 1.165) is 29.3 Å². The predicted octanol–water partition coefficient (Wildman–Crippen LogP) is 5.39. The second-order valence-electron chi connectivity index (χ2n) is 12.0. The van der Waals surface area contributed by atoms with Gasteiger partial charge in [-0.2, -0.15) is 0 Å². The molecule has 5 rings (SSSR count). The highest BCUT2D eigenvalue weighted by Crippen LogP contribution is 2.55. The van der Waals surface area contributed by atoms with E-state index in [1.807, 2.05) is 13.8 Å². The Kier molecular flexibility index (Phi) is 9.03. The molecule has 2 atom stereocenters.